The van der Waals surface area contributed by atoms with Crippen LogP contribution in [0.5, 0.6) is 0 Å². The number of aromatic nitrogens is 3. The molecule has 4 aromatic rings. The van der Waals surface area contributed by atoms with Crippen LogP contribution in [0.4, 0.5) is 0 Å². The molecule has 0 amide bonds. The summed E-state index contributed by atoms with van der Waals surface area (Å²) < 4.78 is 7.39. The van der Waals surface area contributed by atoms with Gasteiger partial charge in [-0.15, -0.1) is 10.2 Å². The summed E-state index contributed by atoms with van der Waals surface area (Å²) >= 11 is 7.50. The standard InChI is InChI=1S/C21H18ClN3O2S/c1-12-4-9-17-15(10-18(26)27-19(17)13(12)2)11-28-21-24-23-20(25(21)3)14-5-7-16(22)8-6-14/h4-10H,11H2,1-3H3. The minimum atomic E-state index is -0.336. The monoisotopic (exact) mass is 411 g/mol. The lowest BCUT2D eigenvalue weighted by Gasteiger charge is -2.09. The van der Waals surface area contributed by atoms with Crippen LogP contribution in [0.2, 0.25) is 5.02 Å². The van der Waals surface area contributed by atoms with Crippen molar-refractivity contribution in [1.29, 1.82) is 0 Å². The van der Waals surface area contributed by atoms with Crippen molar-refractivity contribution >= 4 is 34.3 Å². The summed E-state index contributed by atoms with van der Waals surface area (Å²) in [6.07, 6.45) is 0. The van der Waals surface area contributed by atoms with Crippen LogP contribution >= 0.6 is 23.4 Å². The summed E-state index contributed by atoms with van der Waals surface area (Å²) in [4.78, 5) is 12.0. The number of benzene rings is 2. The van der Waals surface area contributed by atoms with Gasteiger partial charge in [-0.25, -0.2) is 4.79 Å². The van der Waals surface area contributed by atoms with Gasteiger partial charge in [-0.3, -0.25) is 0 Å². The van der Waals surface area contributed by atoms with Gasteiger partial charge in [0.05, 0.1) is 0 Å². The van der Waals surface area contributed by atoms with Crippen LogP contribution in [0.1, 0.15) is 16.7 Å². The van der Waals surface area contributed by atoms with E-state index in [4.69, 9.17) is 16.0 Å². The van der Waals surface area contributed by atoms with Crippen molar-refractivity contribution in [3.05, 3.63) is 74.6 Å². The molecule has 0 fully saturated rings. The van der Waals surface area contributed by atoms with Crippen LogP contribution < -0.4 is 5.63 Å². The summed E-state index contributed by atoms with van der Waals surface area (Å²) in [5.74, 6) is 1.36. The Balaban J connectivity index is 1.65. The molecular formula is C21H18ClN3O2S. The second-order valence-electron chi connectivity index (χ2n) is 6.64. The van der Waals surface area contributed by atoms with Crippen LogP contribution in [0, 0.1) is 13.8 Å². The number of rotatable bonds is 4. The van der Waals surface area contributed by atoms with E-state index in [1.807, 2.05) is 61.9 Å². The third-order valence-corrected chi connectivity index (χ3v) is 6.13. The molecule has 4 rings (SSSR count). The van der Waals surface area contributed by atoms with E-state index in [2.05, 4.69) is 10.2 Å². The van der Waals surface area contributed by atoms with E-state index in [0.717, 1.165) is 38.6 Å². The molecule has 0 saturated carbocycles. The fourth-order valence-corrected chi connectivity index (χ4v) is 4.11. The zero-order valence-electron chi connectivity index (χ0n) is 15.7. The van der Waals surface area contributed by atoms with E-state index in [1.54, 1.807) is 6.07 Å². The largest absolute Gasteiger partial charge is 0.422 e. The molecular weight excluding hydrogens is 394 g/mol. The van der Waals surface area contributed by atoms with Crippen LogP contribution in [-0.4, -0.2) is 14.8 Å². The highest BCUT2D eigenvalue weighted by molar-refractivity contribution is 7.98. The molecule has 28 heavy (non-hydrogen) atoms. The first-order valence-corrected chi connectivity index (χ1v) is 10.1. The van der Waals surface area contributed by atoms with Crippen molar-refractivity contribution in [2.45, 2.75) is 24.8 Å². The molecule has 0 spiro atoms. The first-order chi connectivity index (χ1) is 13.4. The molecule has 5 nitrogen and oxygen atoms in total. The Hall–Kier alpha value is -2.57. The number of aryl methyl sites for hydroxylation is 2. The first kappa shape index (κ1) is 18.8. The zero-order valence-corrected chi connectivity index (χ0v) is 17.3. The van der Waals surface area contributed by atoms with E-state index in [9.17, 15) is 4.79 Å². The first-order valence-electron chi connectivity index (χ1n) is 8.75. The average molecular weight is 412 g/mol. The minimum Gasteiger partial charge on any atom is -0.422 e. The van der Waals surface area contributed by atoms with Crippen molar-refractivity contribution in [3.8, 4) is 11.4 Å². The maximum absolute atomic E-state index is 12.0. The molecule has 0 bridgehead atoms. The summed E-state index contributed by atoms with van der Waals surface area (Å²) in [5, 5.41) is 11.0. The van der Waals surface area contributed by atoms with Gasteiger partial charge in [-0.05, 0) is 54.8 Å². The van der Waals surface area contributed by atoms with Crippen molar-refractivity contribution in [2.24, 2.45) is 7.05 Å². The van der Waals surface area contributed by atoms with Crippen LogP contribution in [0.15, 0.2) is 56.8 Å². The van der Waals surface area contributed by atoms with Gasteiger partial charge in [0.1, 0.15) is 5.58 Å². The molecule has 142 valence electrons. The Labute approximate surface area is 171 Å². The van der Waals surface area contributed by atoms with Crippen molar-refractivity contribution in [1.82, 2.24) is 14.8 Å². The number of hydrogen-bond acceptors (Lipinski definition) is 5. The quantitative estimate of drug-likeness (QED) is 0.343. The van der Waals surface area contributed by atoms with Crippen LogP contribution in [0.25, 0.3) is 22.4 Å². The van der Waals surface area contributed by atoms with Crippen molar-refractivity contribution in [3.63, 3.8) is 0 Å². The van der Waals surface area contributed by atoms with Gasteiger partial charge in [0.15, 0.2) is 11.0 Å². The highest BCUT2D eigenvalue weighted by Gasteiger charge is 2.14. The van der Waals surface area contributed by atoms with Gasteiger partial charge >= 0.3 is 5.63 Å². The number of fused-ring (bicyclic) bond motifs is 1. The Morgan fingerprint density at radius 1 is 1.11 bits per heavy atom. The number of hydrogen-bond donors (Lipinski definition) is 0. The molecule has 2 aromatic heterocycles. The highest BCUT2D eigenvalue weighted by Crippen LogP contribution is 2.29. The lowest BCUT2D eigenvalue weighted by atomic mass is 10.0. The maximum Gasteiger partial charge on any atom is 0.336 e. The molecule has 7 heteroatoms. The maximum atomic E-state index is 12.0. The second-order valence-corrected chi connectivity index (χ2v) is 8.01. The smallest absolute Gasteiger partial charge is 0.336 e. The predicted molar refractivity (Wildman–Crippen MR) is 113 cm³/mol. The lowest BCUT2D eigenvalue weighted by Crippen LogP contribution is -2.02. The lowest BCUT2D eigenvalue weighted by molar-refractivity contribution is 0.557. The summed E-state index contributed by atoms with van der Waals surface area (Å²) in [7, 11) is 1.93. The molecule has 2 aromatic carbocycles. The van der Waals surface area contributed by atoms with E-state index in [1.165, 1.54) is 11.8 Å². The third-order valence-electron chi connectivity index (χ3n) is 4.81. The molecule has 0 saturated heterocycles. The van der Waals surface area contributed by atoms with E-state index >= 15 is 0 Å². The van der Waals surface area contributed by atoms with Gasteiger partial charge in [-0.2, -0.15) is 0 Å². The summed E-state index contributed by atoms with van der Waals surface area (Å²) in [6, 6.07) is 13.1. The third kappa shape index (κ3) is 3.45. The summed E-state index contributed by atoms with van der Waals surface area (Å²) in [5.41, 5.74) is 4.28. The average Bonchev–Trinajstić information content (AvgIpc) is 3.04. The van der Waals surface area contributed by atoms with E-state index in [-0.39, 0.29) is 5.63 Å². The van der Waals surface area contributed by atoms with Gasteiger partial charge < -0.3 is 8.98 Å². The summed E-state index contributed by atoms with van der Waals surface area (Å²) in [6.45, 7) is 3.98. The topological polar surface area (TPSA) is 60.9 Å². The molecule has 0 radical (unpaired) electrons. The Morgan fingerprint density at radius 2 is 1.86 bits per heavy atom. The fraction of sp³-hybridized carbons (Fsp3) is 0.190. The van der Waals surface area contributed by atoms with Crippen molar-refractivity contribution < 1.29 is 4.42 Å². The Bertz CT molecular complexity index is 1230. The predicted octanol–water partition coefficient (Wildman–Crippen LogP) is 5.15. The Morgan fingerprint density at radius 3 is 2.61 bits per heavy atom. The van der Waals surface area contributed by atoms with E-state index in [0.29, 0.717) is 16.4 Å². The number of thioether (sulfide) groups is 1. The SMILES string of the molecule is Cc1ccc2c(CSc3nnc(-c4ccc(Cl)cc4)n3C)cc(=O)oc2c1C. The minimum absolute atomic E-state index is 0.336. The highest BCUT2D eigenvalue weighted by atomic mass is 35.5. The van der Waals surface area contributed by atoms with Crippen LogP contribution in [0.3, 0.4) is 0 Å². The van der Waals surface area contributed by atoms with Crippen LogP contribution in [-0.2, 0) is 12.8 Å². The zero-order chi connectivity index (χ0) is 19.8. The molecule has 0 aliphatic heterocycles. The number of halogens is 1. The molecule has 0 unspecified atom stereocenters. The van der Waals surface area contributed by atoms with E-state index < -0.39 is 0 Å². The normalized spacial score (nSPS) is 11.3. The number of nitrogens with zero attached hydrogens (tertiary/aromatic N) is 3. The molecule has 2 heterocycles. The Kier molecular flexibility index (Phi) is 5.00. The second kappa shape index (κ2) is 7.45. The van der Waals surface area contributed by atoms with Crippen molar-refractivity contribution in [2.75, 3.05) is 0 Å². The van der Waals surface area contributed by atoms with Gasteiger partial charge in [-0.1, -0.05) is 35.5 Å². The molecule has 0 atom stereocenters. The van der Waals surface area contributed by atoms with Gasteiger partial charge in [0.2, 0.25) is 0 Å². The van der Waals surface area contributed by atoms with Gasteiger partial charge in [0, 0.05) is 34.8 Å². The molecule has 0 aliphatic rings. The molecule has 0 aliphatic carbocycles. The molecule has 0 N–H and O–H groups in total. The fourth-order valence-electron chi connectivity index (χ4n) is 3.08. The van der Waals surface area contributed by atoms with Gasteiger partial charge in [0.25, 0.3) is 0 Å².